The minimum Gasteiger partial charge on any atom is -0.508 e. The molecule has 1 saturated heterocycles. The lowest BCUT2D eigenvalue weighted by Gasteiger charge is -2.35. The molecular formula is C15H16ClFN2OS. The molecule has 1 atom stereocenters. The lowest BCUT2D eigenvalue weighted by Crippen LogP contribution is -2.45. The third-order valence-electron chi connectivity index (χ3n) is 3.66. The van der Waals surface area contributed by atoms with E-state index in [9.17, 15) is 9.50 Å². The zero-order valence-electron chi connectivity index (χ0n) is 11.4. The number of halogens is 2. The van der Waals surface area contributed by atoms with E-state index in [4.69, 9.17) is 11.6 Å². The zero-order chi connectivity index (χ0) is 14.8. The summed E-state index contributed by atoms with van der Waals surface area (Å²) in [5.41, 5.74) is 0.593. The molecule has 0 bridgehead atoms. The lowest BCUT2D eigenvalue weighted by atomic mass is 10.0. The summed E-state index contributed by atoms with van der Waals surface area (Å²) in [6, 6.07) is 7.72. The van der Waals surface area contributed by atoms with Gasteiger partial charge in [-0.3, -0.25) is 4.90 Å². The van der Waals surface area contributed by atoms with Gasteiger partial charge in [0.05, 0.1) is 10.4 Å². The van der Waals surface area contributed by atoms with E-state index >= 15 is 0 Å². The second-order valence-corrected chi connectivity index (χ2v) is 6.78. The number of hydrogen-bond acceptors (Lipinski definition) is 4. The van der Waals surface area contributed by atoms with Crippen molar-refractivity contribution in [1.82, 2.24) is 10.2 Å². The molecule has 2 aromatic rings. The largest absolute Gasteiger partial charge is 0.508 e. The lowest BCUT2D eigenvalue weighted by molar-refractivity contribution is 0.197. The van der Waals surface area contributed by atoms with Crippen molar-refractivity contribution in [1.29, 1.82) is 0 Å². The second-order valence-electron chi connectivity index (χ2n) is 5.03. The third kappa shape index (κ3) is 3.21. The Morgan fingerprint density at radius 3 is 2.67 bits per heavy atom. The molecule has 0 unspecified atom stereocenters. The first kappa shape index (κ1) is 14.8. The van der Waals surface area contributed by atoms with Crippen LogP contribution in [-0.4, -0.2) is 36.2 Å². The van der Waals surface area contributed by atoms with Crippen LogP contribution < -0.4 is 5.32 Å². The van der Waals surface area contributed by atoms with E-state index in [0.29, 0.717) is 9.90 Å². The second kappa shape index (κ2) is 6.32. The van der Waals surface area contributed by atoms with Crippen LogP contribution in [0.5, 0.6) is 5.75 Å². The van der Waals surface area contributed by atoms with E-state index in [1.807, 2.05) is 12.1 Å². The SMILES string of the molecule is Oc1ccc(F)cc1[C@@H](c1ccc(Cl)s1)N1CCNCC1. The minimum atomic E-state index is -0.342. The van der Waals surface area contributed by atoms with Crippen molar-refractivity contribution in [3.63, 3.8) is 0 Å². The van der Waals surface area contributed by atoms with Gasteiger partial charge >= 0.3 is 0 Å². The fourth-order valence-corrected chi connectivity index (χ4v) is 3.91. The number of benzene rings is 1. The molecule has 3 rings (SSSR count). The maximum Gasteiger partial charge on any atom is 0.123 e. The van der Waals surface area contributed by atoms with Gasteiger partial charge in [-0.2, -0.15) is 0 Å². The Labute approximate surface area is 132 Å². The number of nitrogens with zero attached hydrogens (tertiary/aromatic N) is 1. The molecule has 1 fully saturated rings. The number of hydrogen-bond donors (Lipinski definition) is 2. The highest BCUT2D eigenvalue weighted by molar-refractivity contribution is 7.16. The summed E-state index contributed by atoms with van der Waals surface area (Å²) in [4.78, 5) is 3.26. The number of phenols is 1. The Hall–Kier alpha value is -1.14. The predicted molar refractivity (Wildman–Crippen MR) is 83.7 cm³/mol. The molecular weight excluding hydrogens is 311 g/mol. The first-order chi connectivity index (χ1) is 10.1. The Balaban J connectivity index is 2.04. The summed E-state index contributed by atoms with van der Waals surface area (Å²) in [6.07, 6.45) is 0. The molecule has 21 heavy (non-hydrogen) atoms. The summed E-state index contributed by atoms with van der Waals surface area (Å²) >= 11 is 7.52. The van der Waals surface area contributed by atoms with Gasteiger partial charge in [0.25, 0.3) is 0 Å². The molecule has 1 aliphatic rings. The van der Waals surface area contributed by atoms with Gasteiger partial charge in [-0.1, -0.05) is 11.6 Å². The smallest absolute Gasteiger partial charge is 0.123 e. The van der Waals surface area contributed by atoms with Crippen LogP contribution in [0.25, 0.3) is 0 Å². The minimum absolute atomic E-state index is 0.115. The Morgan fingerprint density at radius 1 is 1.24 bits per heavy atom. The molecule has 1 aliphatic heterocycles. The van der Waals surface area contributed by atoms with Crippen molar-refractivity contribution in [2.24, 2.45) is 0 Å². The van der Waals surface area contributed by atoms with E-state index in [-0.39, 0.29) is 17.6 Å². The van der Waals surface area contributed by atoms with Gasteiger partial charge in [0.2, 0.25) is 0 Å². The van der Waals surface area contributed by atoms with Crippen LogP contribution in [0.2, 0.25) is 4.34 Å². The van der Waals surface area contributed by atoms with E-state index in [1.54, 1.807) is 0 Å². The van der Waals surface area contributed by atoms with Crippen LogP contribution >= 0.6 is 22.9 Å². The van der Waals surface area contributed by atoms with Gasteiger partial charge in [0.1, 0.15) is 11.6 Å². The number of thiophene rings is 1. The van der Waals surface area contributed by atoms with Gasteiger partial charge in [-0.05, 0) is 30.3 Å². The normalized spacial score (nSPS) is 17.8. The van der Waals surface area contributed by atoms with E-state index in [1.165, 1.54) is 29.5 Å². The van der Waals surface area contributed by atoms with Crippen molar-refractivity contribution in [3.8, 4) is 5.75 Å². The summed E-state index contributed by atoms with van der Waals surface area (Å²) in [7, 11) is 0. The Kier molecular flexibility index (Phi) is 4.45. The van der Waals surface area contributed by atoms with Crippen LogP contribution in [0.15, 0.2) is 30.3 Å². The molecule has 3 nitrogen and oxygen atoms in total. The van der Waals surface area contributed by atoms with Crippen LogP contribution in [0.1, 0.15) is 16.5 Å². The number of phenolic OH excluding ortho intramolecular Hbond substituents is 1. The molecule has 1 aromatic heterocycles. The number of piperazine rings is 1. The molecule has 1 aromatic carbocycles. The van der Waals surface area contributed by atoms with E-state index < -0.39 is 0 Å². The number of rotatable bonds is 3. The first-order valence-corrected chi connectivity index (χ1v) is 8.03. The first-order valence-electron chi connectivity index (χ1n) is 6.83. The van der Waals surface area contributed by atoms with E-state index in [2.05, 4.69) is 10.2 Å². The summed E-state index contributed by atoms with van der Waals surface area (Å²) in [5.74, 6) is -0.227. The molecule has 0 spiro atoms. The van der Waals surface area contributed by atoms with Crippen molar-refractivity contribution in [2.45, 2.75) is 6.04 Å². The standard InChI is InChI=1S/C15H16ClFN2OS/c16-14-4-3-13(21-14)15(19-7-5-18-6-8-19)11-9-10(17)1-2-12(11)20/h1-4,9,15,18,20H,5-8H2/t15-/m0/s1. The van der Waals surface area contributed by atoms with Crippen LogP contribution in [0.3, 0.4) is 0 Å². The molecule has 0 amide bonds. The molecule has 0 radical (unpaired) electrons. The topological polar surface area (TPSA) is 35.5 Å². The quantitative estimate of drug-likeness (QED) is 0.909. The van der Waals surface area contributed by atoms with Crippen molar-refractivity contribution in [3.05, 3.63) is 50.9 Å². The van der Waals surface area contributed by atoms with Crippen LogP contribution in [0.4, 0.5) is 4.39 Å². The molecule has 112 valence electrons. The monoisotopic (exact) mass is 326 g/mol. The van der Waals surface area contributed by atoms with Crippen molar-refractivity contribution in [2.75, 3.05) is 26.2 Å². The van der Waals surface area contributed by atoms with E-state index in [0.717, 1.165) is 31.1 Å². The summed E-state index contributed by atoms with van der Waals surface area (Å²) in [5, 5.41) is 13.5. The molecule has 0 aliphatic carbocycles. The van der Waals surface area contributed by atoms with Crippen LogP contribution in [-0.2, 0) is 0 Å². The number of nitrogens with one attached hydrogen (secondary N) is 1. The average molecular weight is 327 g/mol. The van der Waals surface area contributed by atoms with Gasteiger partial charge < -0.3 is 10.4 Å². The fraction of sp³-hybridized carbons (Fsp3) is 0.333. The van der Waals surface area contributed by atoms with Crippen LogP contribution in [0, 0.1) is 5.82 Å². The molecule has 2 heterocycles. The maximum absolute atomic E-state index is 13.6. The molecule has 0 saturated carbocycles. The third-order valence-corrected chi connectivity index (χ3v) is 4.95. The average Bonchev–Trinajstić information content (AvgIpc) is 2.90. The molecule has 2 N–H and O–H groups in total. The summed E-state index contributed by atoms with van der Waals surface area (Å²) < 4.78 is 14.3. The maximum atomic E-state index is 13.6. The highest BCUT2D eigenvalue weighted by atomic mass is 35.5. The van der Waals surface area contributed by atoms with Crippen molar-refractivity contribution < 1.29 is 9.50 Å². The van der Waals surface area contributed by atoms with Gasteiger partial charge in [0.15, 0.2) is 0 Å². The van der Waals surface area contributed by atoms with Crippen molar-refractivity contribution >= 4 is 22.9 Å². The highest BCUT2D eigenvalue weighted by Crippen LogP contribution is 2.39. The summed E-state index contributed by atoms with van der Waals surface area (Å²) in [6.45, 7) is 3.45. The zero-order valence-corrected chi connectivity index (χ0v) is 12.9. The van der Waals surface area contributed by atoms with Gasteiger partial charge in [0, 0.05) is 36.6 Å². The van der Waals surface area contributed by atoms with Gasteiger partial charge in [-0.15, -0.1) is 11.3 Å². The predicted octanol–water partition coefficient (Wildman–Crippen LogP) is 3.24. The molecule has 6 heteroatoms. The van der Waals surface area contributed by atoms with Gasteiger partial charge in [-0.25, -0.2) is 4.39 Å². The Morgan fingerprint density at radius 2 is 2.00 bits per heavy atom. The fourth-order valence-electron chi connectivity index (χ4n) is 2.69. The number of aromatic hydroxyl groups is 1. The highest BCUT2D eigenvalue weighted by Gasteiger charge is 2.27. The Bertz CT molecular complexity index is 628.